The van der Waals surface area contributed by atoms with E-state index in [1.54, 1.807) is 28.4 Å². The zero-order chi connectivity index (χ0) is 19.7. The summed E-state index contributed by atoms with van der Waals surface area (Å²) in [5.74, 6) is 0.390. The van der Waals surface area contributed by atoms with Gasteiger partial charge in [0.1, 0.15) is 5.00 Å². The summed E-state index contributed by atoms with van der Waals surface area (Å²) in [6.07, 6.45) is 6.23. The fourth-order valence-electron chi connectivity index (χ4n) is 3.82. The number of aryl methyl sites for hydroxylation is 1. The average Bonchev–Trinajstić information content (AvgIpc) is 3.32. The fourth-order valence-corrected chi connectivity index (χ4v) is 5.22. The molecule has 150 valence electrons. The molecule has 2 aliphatic rings. The number of morpholine rings is 1. The van der Waals surface area contributed by atoms with Crippen LogP contribution in [0.4, 0.5) is 5.00 Å². The van der Waals surface area contributed by atoms with Crippen molar-refractivity contribution in [2.45, 2.75) is 39.7 Å². The minimum absolute atomic E-state index is 0.00917. The summed E-state index contributed by atoms with van der Waals surface area (Å²) >= 11 is 1.56. The molecule has 0 saturated carbocycles. The molecule has 0 unspecified atom stereocenters. The van der Waals surface area contributed by atoms with Gasteiger partial charge >= 0.3 is 0 Å². The molecule has 1 fully saturated rings. The minimum atomic E-state index is -0.220. The Kier molecular flexibility index (Phi) is 5.50. The van der Waals surface area contributed by atoms with Crippen LogP contribution in [0.1, 0.15) is 51.4 Å². The Morgan fingerprint density at radius 2 is 2.14 bits per heavy atom. The fraction of sp³-hybridized carbons (Fsp3) is 0.550. The van der Waals surface area contributed by atoms with Crippen molar-refractivity contribution in [3.8, 4) is 0 Å². The molecule has 0 spiro atoms. The number of nitrogens with zero attached hydrogens (tertiary/aromatic N) is 3. The monoisotopic (exact) mass is 402 g/mol. The summed E-state index contributed by atoms with van der Waals surface area (Å²) in [7, 11) is 0. The van der Waals surface area contributed by atoms with E-state index in [0.29, 0.717) is 54.9 Å². The molecule has 1 N–H and O–H groups in total. The standard InChI is InChI=1S/C20H26N4O3S/c1-3-24-12-14(11-21-24)18(25)22-19-17(20(26)23-6-8-27-9-7-23)15-5-4-13(2)10-16(15)28-19/h11-13H,3-10H2,1-2H3,(H,22,25)/t13-/m1/s1. The molecule has 2 aromatic rings. The Morgan fingerprint density at radius 3 is 2.86 bits per heavy atom. The van der Waals surface area contributed by atoms with E-state index in [0.717, 1.165) is 24.8 Å². The summed E-state index contributed by atoms with van der Waals surface area (Å²) in [4.78, 5) is 29.2. The number of hydrogen-bond acceptors (Lipinski definition) is 5. The van der Waals surface area contributed by atoms with E-state index in [9.17, 15) is 9.59 Å². The second-order valence-corrected chi connectivity index (χ2v) is 8.60. The van der Waals surface area contributed by atoms with Gasteiger partial charge in [-0.2, -0.15) is 5.10 Å². The zero-order valence-electron chi connectivity index (χ0n) is 16.4. The van der Waals surface area contributed by atoms with Crippen molar-refractivity contribution in [3.63, 3.8) is 0 Å². The number of carbonyl (C=O) groups is 2. The molecular weight excluding hydrogens is 376 g/mol. The largest absolute Gasteiger partial charge is 0.378 e. The third kappa shape index (κ3) is 3.71. The molecular formula is C20H26N4O3S. The molecule has 2 amide bonds. The van der Waals surface area contributed by atoms with Gasteiger partial charge in [0.15, 0.2) is 0 Å². The molecule has 0 bridgehead atoms. The van der Waals surface area contributed by atoms with Crippen LogP contribution in [-0.2, 0) is 24.1 Å². The summed E-state index contributed by atoms with van der Waals surface area (Å²) in [5.41, 5.74) is 2.32. The van der Waals surface area contributed by atoms with Crippen LogP contribution in [0.5, 0.6) is 0 Å². The first-order chi connectivity index (χ1) is 13.6. The van der Waals surface area contributed by atoms with E-state index in [1.165, 1.54) is 4.88 Å². The van der Waals surface area contributed by atoms with E-state index in [-0.39, 0.29) is 11.8 Å². The number of aromatic nitrogens is 2. The van der Waals surface area contributed by atoms with Gasteiger partial charge in [0.25, 0.3) is 11.8 Å². The molecule has 7 nitrogen and oxygen atoms in total. The normalized spacial score (nSPS) is 19.4. The Balaban J connectivity index is 1.65. The van der Waals surface area contributed by atoms with Gasteiger partial charge in [-0.15, -0.1) is 11.3 Å². The molecule has 1 saturated heterocycles. The Morgan fingerprint density at radius 1 is 1.36 bits per heavy atom. The SMILES string of the molecule is CCn1cc(C(=O)Nc2sc3c(c2C(=O)N2CCOCC2)CC[C@@H](C)C3)cn1. The average molecular weight is 403 g/mol. The number of thiophene rings is 1. The number of hydrogen-bond donors (Lipinski definition) is 1. The van der Waals surface area contributed by atoms with Crippen molar-refractivity contribution >= 4 is 28.2 Å². The maximum Gasteiger partial charge on any atom is 0.259 e. The highest BCUT2D eigenvalue weighted by molar-refractivity contribution is 7.17. The van der Waals surface area contributed by atoms with E-state index in [2.05, 4.69) is 17.3 Å². The van der Waals surface area contributed by atoms with Crippen molar-refractivity contribution in [1.29, 1.82) is 0 Å². The van der Waals surface area contributed by atoms with Gasteiger partial charge in [0, 0.05) is 30.7 Å². The highest BCUT2D eigenvalue weighted by Gasteiger charge is 2.31. The number of ether oxygens (including phenoxy) is 1. The van der Waals surface area contributed by atoms with E-state index < -0.39 is 0 Å². The smallest absolute Gasteiger partial charge is 0.259 e. The van der Waals surface area contributed by atoms with Crippen molar-refractivity contribution in [2.75, 3.05) is 31.6 Å². The molecule has 1 atom stereocenters. The van der Waals surface area contributed by atoms with Crippen LogP contribution in [0.3, 0.4) is 0 Å². The molecule has 1 aliphatic carbocycles. The van der Waals surface area contributed by atoms with Crippen LogP contribution in [0.25, 0.3) is 0 Å². The van der Waals surface area contributed by atoms with Crippen LogP contribution < -0.4 is 5.32 Å². The number of amides is 2. The first-order valence-corrected chi connectivity index (χ1v) is 10.7. The molecule has 1 aliphatic heterocycles. The first kappa shape index (κ1) is 19.1. The molecule has 0 aromatic carbocycles. The number of rotatable bonds is 4. The lowest BCUT2D eigenvalue weighted by Crippen LogP contribution is -2.41. The van der Waals surface area contributed by atoms with Gasteiger partial charge in [-0.3, -0.25) is 14.3 Å². The molecule has 4 rings (SSSR count). The molecule has 0 radical (unpaired) electrons. The van der Waals surface area contributed by atoms with E-state index in [4.69, 9.17) is 4.74 Å². The highest BCUT2D eigenvalue weighted by atomic mass is 32.1. The van der Waals surface area contributed by atoms with Gasteiger partial charge < -0.3 is 15.0 Å². The third-order valence-electron chi connectivity index (χ3n) is 5.47. The van der Waals surface area contributed by atoms with Gasteiger partial charge in [-0.1, -0.05) is 6.92 Å². The van der Waals surface area contributed by atoms with Crippen molar-refractivity contribution in [3.05, 3.63) is 34.0 Å². The van der Waals surface area contributed by atoms with Crippen LogP contribution >= 0.6 is 11.3 Å². The summed E-state index contributed by atoms with van der Waals surface area (Å²) in [5, 5.41) is 7.85. The van der Waals surface area contributed by atoms with Crippen LogP contribution in [0.2, 0.25) is 0 Å². The Hall–Kier alpha value is -2.19. The minimum Gasteiger partial charge on any atom is -0.378 e. The van der Waals surface area contributed by atoms with Gasteiger partial charge in [-0.25, -0.2) is 0 Å². The Bertz CT molecular complexity index is 882. The Labute approximate surface area is 168 Å². The second kappa shape index (κ2) is 8.05. The van der Waals surface area contributed by atoms with Gasteiger partial charge in [-0.05, 0) is 37.7 Å². The lowest BCUT2D eigenvalue weighted by molar-refractivity contribution is 0.0303. The third-order valence-corrected chi connectivity index (χ3v) is 6.64. The predicted octanol–water partition coefficient (Wildman–Crippen LogP) is 2.81. The van der Waals surface area contributed by atoms with Crippen LogP contribution in [-0.4, -0.2) is 52.8 Å². The molecule has 3 heterocycles. The lowest BCUT2D eigenvalue weighted by Gasteiger charge is -2.28. The number of carbonyl (C=O) groups excluding carboxylic acids is 2. The van der Waals surface area contributed by atoms with E-state index >= 15 is 0 Å². The summed E-state index contributed by atoms with van der Waals surface area (Å²) in [6, 6.07) is 0. The molecule has 8 heteroatoms. The number of fused-ring (bicyclic) bond motifs is 1. The van der Waals surface area contributed by atoms with Gasteiger partial charge in [0.05, 0.1) is 30.5 Å². The highest BCUT2D eigenvalue weighted by Crippen LogP contribution is 2.40. The topological polar surface area (TPSA) is 76.5 Å². The quantitative estimate of drug-likeness (QED) is 0.853. The molecule has 28 heavy (non-hydrogen) atoms. The van der Waals surface area contributed by atoms with Crippen molar-refractivity contribution in [1.82, 2.24) is 14.7 Å². The summed E-state index contributed by atoms with van der Waals surface area (Å²) < 4.78 is 7.11. The van der Waals surface area contributed by atoms with Crippen LogP contribution in [0, 0.1) is 5.92 Å². The molecule has 2 aromatic heterocycles. The zero-order valence-corrected chi connectivity index (χ0v) is 17.2. The van der Waals surface area contributed by atoms with Gasteiger partial charge in [0.2, 0.25) is 0 Å². The first-order valence-electron chi connectivity index (χ1n) is 9.92. The van der Waals surface area contributed by atoms with Crippen molar-refractivity contribution in [2.24, 2.45) is 5.92 Å². The predicted molar refractivity (Wildman–Crippen MR) is 108 cm³/mol. The number of anilines is 1. The van der Waals surface area contributed by atoms with Crippen LogP contribution in [0.15, 0.2) is 12.4 Å². The maximum absolute atomic E-state index is 13.3. The lowest BCUT2D eigenvalue weighted by atomic mass is 9.88. The summed E-state index contributed by atoms with van der Waals surface area (Å²) in [6.45, 7) is 7.23. The van der Waals surface area contributed by atoms with Crippen molar-refractivity contribution < 1.29 is 14.3 Å². The maximum atomic E-state index is 13.3. The van der Waals surface area contributed by atoms with E-state index in [1.807, 2.05) is 11.8 Å². The number of nitrogens with one attached hydrogen (secondary N) is 1. The second-order valence-electron chi connectivity index (χ2n) is 7.50.